The number of nitrogens with one attached hydrogen (secondary N) is 1. The van der Waals surface area contributed by atoms with Gasteiger partial charge in [-0.25, -0.2) is 4.79 Å². The molecule has 2 heterocycles. The topological polar surface area (TPSA) is 196 Å². The van der Waals surface area contributed by atoms with Crippen molar-refractivity contribution >= 4 is 29.7 Å². The molecule has 3 amide bonds. The minimum absolute atomic E-state index is 0.0264. The summed E-state index contributed by atoms with van der Waals surface area (Å²) in [6.07, 6.45) is 0.751. The van der Waals surface area contributed by atoms with Gasteiger partial charge in [-0.05, 0) is 45.2 Å². The van der Waals surface area contributed by atoms with Gasteiger partial charge in [-0.1, -0.05) is 12.1 Å². The number of nitrogens with zero attached hydrogens (tertiary/aromatic N) is 1. The van der Waals surface area contributed by atoms with Crippen LogP contribution in [-0.4, -0.2) is 116 Å². The normalized spacial score (nSPS) is 19.3. The Morgan fingerprint density at radius 3 is 2.27 bits per heavy atom. The molecule has 0 radical (unpaired) electrons. The minimum Gasteiger partial charge on any atom is -0.479 e. The Kier molecular flexibility index (Phi) is 16.1. The molecular formula is C34H48N2O13. The van der Waals surface area contributed by atoms with Crippen molar-refractivity contribution < 1.29 is 62.6 Å². The molecule has 2 aliphatic heterocycles. The average molecular weight is 693 g/mol. The Hall–Kier alpha value is -3.89. The van der Waals surface area contributed by atoms with Gasteiger partial charge in [0.15, 0.2) is 6.10 Å². The Bertz CT molecular complexity index is 1290. The molecule has 0 saturated carbocycles. The molecular weight excluding hydrogens is 644 g/mol. The number of hydrogen-bond donors (Lipinski definition) is 3. The highest BCUT2D eigenvalue weighted by atomic mass is 16.7. The maximum atomic E-state index is 12.3. The Morgan fingerprint density at radius 2 is 1.61 bits per heavy atom. The number of aliphatic hydroxyl groups is 1. The highest BCUT2D eigenvalue weighted by molar-refractivity contribution is 6.13. The number of carbonyl (C=O) groups excluding carboxylic acids is 4. The van der Waals surface area contributed by atoms with E-state index in [2.05, 4.69) is 5.32 Å². The highest BCUT2D eigenvalue weighted by Gasteiger charge is 2.34. The first-order valence-electron chi connectivity index (χ1n) is 16.4. The smallest absolute Gasteiger partial charge is 0.333 e. The van der Waals surface area contributed by atoms with Crippen LogP contribution in [0.2, 0.25) is 0 Å². The van der Waals surface area contributed by atoms with E-state index in [9.17, 15) is 34.2 Å². The monoisotopic (exact) mass is 692 g/mol. The van der Waals surface area contributed by atoms with Crippen molar-refractivity contribution in [3.8, 4) is 5.75 Å². The largest absolute Gasteiger partial charge is 0.479 e. The number of hydrogen-bond acceptors (Lipinski definition) is 12. The minimum atomic E-state index is -1.19. The zero-order valence-corrected chi connectivity index (χ0v) is 28.4. The lowest BCUT2D eigenvalue weighted by Gasteiger charge is -2.31. The summed E-state index contributed by atoms with van der Waals surface area (Å²) in [5, 5.41) is 22.2. The summed E-state index contributed by atoms with van der Waals surface area (Å²) in [4.78, 5) is 59.7. The molecule has 1 aromatic carbocycles. The van der Waals surface area contributed by atoms with Crippen molar-refractivity contribution in [3.63, 3.8) is 0 Å². The zero-order valence-electron chi connectivity index (χ0n) is 28.4. The van der Waals surface area contributed by atoms with E-state index in [0.717, 1.165) is 10.5 Å². The van der Waals surface area contributed by atoms with Gasteiger partial charge in [0.2, 0.25) is 12.2 Å². The van der Waals surface area contributed by atoms with Gasteiger partial charge in [0.1, 0.15) is 12.4 Å². The molecule has 1 saturated heterocycles. The quantitative estimate of drug-likeness (QED) is 0.0954. The first kappa shape index (κ1) is 39.5. The molecule has 3 N–H and O–H groups in total. The first-order chi connectivity index (χ1) is 23.3. The van der Waals surface area contributed by atoms with Crippen LogP contribution in [-0.2, 0) is 60.7 Å². The maximum Gasteiger partial charge on any atom is 0.333 e. The third-order valence-electron chi connectivity index (χ3n) is 7.43. The van der Waals surface area contributed by atoms with Crippen molar-refractivity contribution in [2.45, 2.75) is 78.0 Å². The molecule has 0 spiro atoms. The Labute approximate surface area is 285 Å². The lowest BCUT2D eigenvalue weighted by molar-refractivity contribution is -0.195. The van der Waals surface area contributed by atoms with Crippen molar-refractivity contribution in [1.29, 1.82) is 0 Å². The molecule has 15 nitrogen and oxygen atoms in total. The van der Waals surface area contributed by atoms with Crippen LogP contribution in [0.1, 0.15) is 57.6 Å². The van der Waals surface area contributed by atoms with Crippen LogP contribution in [0, 0.1) is 5.41 Å². The predicted octanol–water partition coefficient (Wildman–Crippen LogP) is 1.52. The van der Waals surface area contributed by atoms with E-state index in [1.54, 1.807) is 32.9 Å². The van der Waals surface area contributed by atoms with Gasteiger partial charge in [0.05, 0.1) is 44.6 Å². The molecule has 0 aliphatic carbocycles. The van der Waals surface area contributed by atoms with Gasteiger partial charge in [-0.2, -0.15) is 0 Å². The first-order valence-corrected chi connectivity index (χ1v) is 16.4. The molecule has 3 atom stereocenters. The van der Waals surface area contributed by atoms with Gasteiger partial charge in [0.25, 0.3) is 11.8 Å². The van der Waals surface area contributed by atoms with E-state index in [1.807, 2.05) is 6.07 Å². The summed E-state index contributed by atoms with van der Waals surface area (Å²) in [6.45, 7) is 7.81. The van der Waals surface area contributed by atoms with Crippen molar-refractivity contribution in [2.24, 2.45) is 5.41 Å². The molecule has 272 valence electrons. The molecule has 1 aromatic rings. The van der Waals surface area contributed by atoms with Gasteiger partial charge < -0.3 is 44.0 Å². The summed E-state index contributed by atoms with van der Waals surface area (Å²) in [7, 11) is 0. The van der Waals surface area contributed by atoms with E-state index in [4.69, 9.17) is 28.4 Å². The second-order valence-corrected chi connectivity index (χ2v) is 12.6. The van der Waals surface area contributed by atoms with Crippen LogP contribution >= 0.6 is 0 Å². The number of carboxylic acid groups (broad SMARTS) is 1. The number of rotatable bonds is 21. The third kappa shape index (κ3) is 14.2. The second kappa shape index (κ2) is 19.9. The number of esters is 1. The average Bonchev–Trinajstić information content (AvgIpc) is 3.36. The summed E-state index contributed by atoms with van der Waals surface area (Å²) in [5.74, 6) is -2.28. The van der Waals surface area contributed by atoms with Crippen LogP contribution in [0.4, 0.5) is 0 Å². The molecule has 0 bridgehead atoms. The molecule has 2 aliphatic rings. The van der Waals surface area contributed by atoms with E-state index in [-0.39, 0.29) is 44.3 Å². The van der Waals surface area contributed by atoms with Gasteiger partial charge in [-0.15, -0.1) is 0 Å². The van der Waals surface area contributed by atoms with Crippen LogP contribution in [0.3, 0.4) is 0 Å². The molecule has 15 heteroatoms. The molecule has 0 aromatic heterocycles. The lowest BCUT2D eigenvalue weighted by atomic mass is 9.97. The number of carboxylic acids is 1. The molecule has 1 fully saturated rings. The predicted molar refractivity (Wildman–Crippen MR) is 172 cm³/mol. The maximum absolute atomic E-state index is 12.3. The van der Waals surface area contributed by atoms with Crippen LogP contribution in [0.15, 0.2) is 30.4 Å². The summed E-state index contributed by atoms with van der Waals surface area (Å²) >= 11 is 0. The number of ether oxygens (including phenoxy) is 6. The summed E-state index contributed by atoms with van der Waals surface area (Å²) in [5.41, 5.74) is 0.824. The van der Waals surface area contributed by atoms with E-state index >= 15 is 0 Å². The fourth-order valence-corrected chi connectivity index (χ4v) is 4.72. The number of aliphatic carboxylic acids is 1. The van der Waals surface area contributed by atoms with Crippen LogP contribution in [0.5, 0.6) is 5.75 Å². The summed E-state index contributed by atoms with van der Waals surface area (Å²) in [6, 6.07) is 5.49. The molecule has 3 unspecified atom stereocenters. The Balaban J connectivity index is 1.30. The van der Waals surface area contributed by atoms with Crippen LogP contribution in [0.25, 0.3) is 0 Å². The molecule has 49 heavy (non-hydrogen) atoms. The van der Waals surface area contributed by atoms with Crippen molar-refractivity contribution in [3.05, 3.63) is 41.5 Å². The van der Waals surface area contributed by atoms with Gasteiger partial charge in [0, 0.05) is 56.7 Å². The van der Waals surface area contributed by atoms with Gasteiger partial charge in [-0.3, -0.25) is 24.1 Å². The third-order valence-corrected chi connectivity index (χ3v) is 7.43. The second-order valence-electron chi connectivity index (χ2n) is 12.6. The number of aryl methyl sites for hydroxylation is 1. The fourth-order valence-electron chi connectivity index (χ4n) is 4.72. The number of benzene rings is 1. The zero-order chi connectivity index (χ0) is 35.8. The number of aliphatic hydroxyl groups excluding tert-OH is 1. The lowest BCUT2D eigenvalue weighted by Crippen LogP contribution is -2.42. The van der Waals surface area contributed by atoms with Gasteiger partial charge >= 0.3 is 11.9 Å². The SMILES string of the molecule is CC(C)(C)C(=O)OCc1ccc(CCCOCCOCCOCCNC(=O)CCN2C(=O)C=CC2=O)cc1OC1CC(O)CC(C(=O)O)O1. The number of carbonyl (C=O) groups is 5. The fraction of sp³-hybridized carbons (Fsp3) is 0.618. The van der Waals surface area contributed by atoms with E-state index in [1.165, 1.54) is 12.2 Å². The Morgan fingerprint density at radius 1 is 0.959 bits per heavy atom. The van der Waals surface area contributed by atoms with Crippen molar-refractivity contribution in [1.82, 2.24) is 10.2 Å². The number of amides is 3. The highest BCUT2D eigenvalue weighted by Crippen LogP contribution is 2.29. The van der Waals surface area contributed by atoms with Crippen molar-refractivity contribution in [2.75, 3.05) is 52.7 Å². The number of imide groups is 1. The molecule has 3 rings (SSSR count). The standard InChI is InChI=1S/C34H48N2O13/c1-34(2,3)33(43)47-22-24-7-6-23(19-26(24)48-31-21-25(37)20-27(49-31)32(41)42)5-4-13-44-15-17-46-18-16-45-14-11-35-28(38)10-12-36-29(39)8-9-30(36)40/h6-9,19,25,27,31,37H,4-5,10-18,20-22H2,1-3H3,(H,35,38)(H,41,42). The van der Waals surface area contributed by atoms with E-state index < -0.39 is 41.7 Å². The summed E-state index contributed by atoms with van der Waals surface area (Å²) < 4.78 is 33.6. The van der Waals surface area contributed by atoms with E-state index in [0.29, 0.717) is 70.3 Å². The van der Waals surface area contributed by atoms with Crippen LogP contribution < -0.4 is 10.1 Å².